The number of hydrazone groups is 1. The number of aryl methyl sites for hydroxylation is 2. The molecule has 160 valence electrons. The number of aromatic nitrogens is 2. The summed E-state index contributed by atoms with van der Waals surface area (Å²) in [5, 5.41) is 4.44. The first kappa shape index (κ1) is 22.5. The quantitative estimate of drug-likeness (QED) is 0.247. The number of benzene rings is 2. The summed E-state index contributed by atoms with van der Waals surface area (Å²) in [6.07, 6.45) is -3.26. The molecule has 0 aliphatic rings. The van der Waals surface area contributed by atoms with Crippen molar-refractivity contribution in [1.82, 2.24) is 15.4 Å². The van der Waals surface area contributed by atoms with E-state index in [9.17, 15) is 18.0 Å². The van der Waals surface area contributed by atoms with Crippen molar-refractivity contribution in [2.45, 2.75) is 30.9 Å². The van der Waals surface area contributed by atoms with E-state index in [4.69, 9.17) is 0 Å². The van der Waals surface area contributed by atoms with Crippen molar-refractivity contribution in [3.05, 3.63) is 88.2 Å². The molecule has 0 radical (unpaired) electrons. The van der Waals surface area contributed by atoms with Crippen LogP contribution in [0.4, 0.5) is 13.2 Å². The molecule has 0 unspecified atom stereocenters. The van der Waals surface area contributed by atoms with Gasteiger partial charge in [0.15, 0.2) is 5.16 Å². The largest absolute Gasteiger partial charge is 0.416 e. The summed E-state index contributed by atoms with van der Waals surface area (Å²) in [5.74, 6) is 0.193. The van der Waals surface area contributed by atoms with Crippen LogP contribution in [0.5, 0.6) is 0 Å². The molecule has 9 heteroatoms. The van der Waals surface area contributed by atoms with Crippen LogP contribution in [0.15, 0.2) is 64.9 Å². The van der Waals surface area contributed by atoms with Gasteiger partial charge in [-0.2, -0.15) is 18.3 Å². The standard InChI is InChI=1S/C22H19F3N4OS/c1-14-10-15(2)28-21(27-14)31-13-16-6-8-18(9-7-16)20(30)29-26-12-17-4-3-5-19(11-17)22(23,24)25/h3-12H,13H2,1-2H3,(H,29,30). The number of hydrogen-bond donors (Lipinski definition) is 1. The molecule has 0 saturated heterocycles. The number of halogens is 3. The van der Waals surface area contributed by atoms with Gasteiger partial charge in [-0.05, 0) is 55.3 Å². The zero-order valence-electron chi connectivity index (χ0n) is 16.8. The summed E-state index contributed by atoms with van der Waals surface area (Å²) in [6.45, 7) is 3.84. The van der Waals surface area contributed by atoms with Gasteiger partial charge in [0, 0.05) is 22.7 Å². The summed E-state index contributed by atoms with van der Waals surface area (Å²) < 4.78 is 38.2. The van der Waals surface area contributed by atoms with Gasteiger partial charge in [0.05, 0.1) is 11.8 Å². The molecule has 0 atom stereocenters. The van der Waals surface area contributed by atoms with E-state index in [1.54, 1.807) is 12.1 Å². The Hall–Kier alpha value is -3.20. The van der Waals surface area contributed by atoms with Gasteiger partial charge in [0.2, 0.25) is 0 Å². The Kier molecular flexibility index (Phi) is 7.06. The Balaban J connectivity index is 1.56. The fourth-order valence-corrected chi connectivity index (χ4v) is 3.59. The van der Waals surface area contributed by atoms with Gasteiger partial charge in [-0.25, -0.2) is 15.4 Å². The lowest BCUT2D eigenvalue weighted by Crippen LogP contribution is -2.17. The first-order valence-corrected chi connectivity index (χ1v) is 10.2. The summed E-state index contributed by atoms with van der Waals surface area (Å²) in [6, 6.07) is 13.6. The van der Waals surface area contributed by atoms with Gasteiger partial charge in [0.25, 0.3) is 5.91 Å². The molecular formula is C22H19F3N4OS. The fourth-order valence-electron chi connectivity index (χ4n) is 2.68. The van der Waals surface area contributed by atoms with E-state index in [-0.39, 0.29) is 5.56 Å². The summed E-state index contributed by atoms with van der Waals surface area (Å²) in [4.78, 5) is 21.0. The Morgan fingerprint density at radius 1 is 1.06 bits per heavy atom. The van der Waals surface area contributed by atoms with Crippen LogP contribution in [-0.4, -0.2) is 22.1 Å². The fraction of sp³-hybridized carbons (Fsp3) is 0.182. The molecule has 0 aliphatic heterocycles. The lowest BCUT2D eigenvalue weighted by molar-refractivity contribution is -0.137. The van der Waals surface area contributed by atoms with Gasteiger partial charge in [-0.3, -0.25) is 4.79 Å². The Morgan fingerprint density at radius 3 is 2.39 bits per heavy atom. The molecule has 1 amide bonds. The summed E-state index contributed by atoms with van der Waals surface area (Å²) in [5.41, 5.74) is 4.98. The topological polar surface area (TPSA) is 67.2 Å². The molecule has 0 fully saturated rings. The molecule has 0 spiro atoms. The van der Waals surface area contributed by atoms with Crippen LogP contribution >= 0.6 is 11.8 Å². The third-order valence-electron chi connectivity index (χ3n) is 4.14. The van der Waals surface area contributed by atoms with E-state index in [0.717, 1.165) is 29.1 Å². The van der Waals surface area contributed by atoms with Crippen molar-refractivity contribution in [3.63, 3.8) is 0 Å². The molecule has 0 saturated carbocycles. The van der Waals surface area contributed by atoms with Crippen LogP contribution < -0.4 is 5.43 Å². The maximum absolute atomic E-state index is 12.7. The predicted molar refractivity (Wildman–Crippen MR) is 114 cm³/mol. The number of carbonyl (C=O) groups is 1. The predicted octanol–water partition coefficient (Wildman–Crippen LogP) is 5.17. The van der Waals surface area contributed by atoms with Gasteiger partial charge >= 0.3 is 6.18 Å². The van der Waals surface area contributed by atoms with E-state index in [2.05, 4.69) is 20.5 Å². The lowest BCUT2D eigenvalue weighted by Gasteiger charge is -2.06. The second-order valence-corrected chi connectivity index (χ2v) is 7.68. The van der Waals surface area contributed by atoms with E-state index in [1.807, 2.05) is 32.0 Å². The molecule has 0 bridgehead atoms. The van der Waals surface area contributed by atoms with Gasteiger partial charge in [0.1, 0.15) is 0 Å². The second kappa shape index (κ2) is 9.74. The Morgan fingerprint density at radius 2 is 1.74 bits per heavy atom. The first-order valence-electron chi connectivity index (χ1n) is 9.25. The van der Waals surface area contributed by atoms with Crippen LogP contribution in [0.2, 0.25) is 0 Å². The number of nitrogens with one attached hydrogen (secondary N) is 1. The number of thioether (sulfide) groups is 1. The highest BCUT2D eigenvalue weighted by Crippen LogP contribution is 2.29. The summed E-state index contributed by atoms with van der Waals surface area (Å²) in [7, 11) is 0. The zero-order valence-corrected chi connectivity index (χ0v) is 17.6. The highest BCUT2D eigenvalue weighted by molar-refractivity contribution is 7.98. The SMILES string of the molecule is Cc1cc(C)nc(SCc2ccc(C(=O)NN=Cc3cccc(C(F)(F)F)c3)cc2)n1. The number of amides is 1. The average molecular weight is 444 g/mol. The van der Waals surface area contributed by atoms with E-state index >= 15 is 0 Å². The first-order chi connectivity index (χ1) is 14.7. The Labute approximate surface area is 181 Å². The van der Waals surface area contributed by atoms with Crippen LogP contribution in [0.25, 0.3) is 0 Å². The van der Waals surface area contributed by atoms with Crippen molar-refractivity contribution in [2.75, 3.05) is 0 Å². The molecule has 1 aromatic heterocycles. The van der Waals surface area contributed by atoms with Crippen LogP contribution in [0.1, 0.15) is 38.4 Å². The number of hydrogen-bond acceptors (Lipinski definition) is 5. The van der Waals surface area contributed by atoms with Crippen molar-refractivity contribution in [1.29, 1.82) is 0 Å². The Bertz CT molecular complexity index is 1080. The molecule has 1 N–H and O–H groups in total. The minimum absolute atomic E-state index is 0.233. The monoisotopic (exact) mass is 444 g/mol. The number of alkyl halides is 3. The number of rotatable bonds is 6. The maximum atomic E-state index is 12.7. The third-order valence-corrected chi connectivity index (χ3v) is 5.06. The highest BCUT2D eigenvalue weighted by Gasteiger charge is 2.30. The van der Waals surface area contributed by atoms with E-state index < -0.39 is 17.6 Å². The van der Waals surface area contributed by atoms with Crippen LogP contribution in [0, 0.1) is 13.8 Å². The smallest absolute Gasteiger partial charge is 0.267 e. The average Bonchev–Trinajstić information content (AvgIpc) is 2.71. The lowest BCUT2D eigenvalue weighted by atomic mass is 10.1. The zero-order chi connectivity index (χ0) is 22.4. The van der Waals surface area contributed by atoms with Gasteiger partial charge < -0.3 is 0 Å². The van der Waals surface area contributed by atoms with Crippen LogP contribution in [0.3, 0.4) is 0 Å². The highest BCUT2D eigenvalue weighted by atomic mass is 32.2. The molecular weight excluding hydrogens is 425 g/mol. The van der Waals surface area contributed by atoms with Crippen LogP contribution in [-0.2, 0) is 11.9 Å². The van der Waals surface area contributed by atoms with Gasteiger partial charge in [-0.1, -0.05) is 36.0 Å². The molecule has 3 aromatic rings. The van der Waals surface area contributed by atoms with E-state index in [0.29, 0.717) is 16.5 Å². The maximum Gasteiger partial charge on any atom is 0.416 e. The van der Waals surface area contributed by atoms with Crippen molar-refractivity contribution in [3.8, 4) is 0 Å². The second-order valence-electron chi connectivity index (χ2n) is 6.74. The minimum atomic E-state index is -4.43. The molecule has 3 rings (SSSR count). The third kappa shape index (κ3) is 6.65. The molecule has 31 heavy (non-hydrogen) atoms. The van der Waals surface area contributed by atoms with E-state index in [1.165, 1.54) is 30.1 Å². The minimum Gasteiger partial charge on any atom is -0.267 e. The summed E-state index contributed by atoms with van der Waals surface area (Å²) >= 11 is 1.50. The number of nitrogens with zero attached hydrogens (tertiary/aromatic N) is 3. The number of carbonyl (C=O) groups excluding carboxylic acids is 1. The van der Waals surface area contributed by atoms with Crippen molar-refractivity contribution >= 4 is 23.9 Å². The van der Waals surface area contributed by atoms with Crippen molar-refractivity contribution < 1.29 is 18.0 Å². The molecule has 0 aliphatic carbocycles. The van der Waals surface area contributed by atoms with Crippen molar-refractivity contribution in [2.24, 2.45) is 5.10 Å². The molecule has 5 nitrogen and oxygen atoms in total. The normalized spacial score (nSPS) is 11.6. The van der Waals surface area contributed by atoms with Gasteiger partial charge in [-0.15, -0.1) is 0 Å². The molecule has 2 aromatic carbocycles. The molecule has 1 heterocycles.